The van der Waals surface area contributed by atoms with Crippen LogP contribution in [-0.4, -0.2) is 26.6 Å². The summed E-state index contributed by atoms with van der Waals surface area (Å²) in [6.45, 7) is 0.849. The first kappa shape index (κ1) is 7.52. The first-order valence-electron chi connectivity index (χ1n) is 3.49. The first-order chi connectivity index (χ1) is 5.90. The van der Waals surface area contributed by atoms with E-state index in [9.17, 15) is 4.79 Å². The van der Waals surface area contributed by atoms with Crippen LogP contribution in [-0.2, 0) is 17.1 Å². The number of carbonyl (C=O) groups excluding carboxylic acids is 1. The van der Waals surface area contributed by atoms with Crippen molar-refractivity contribution in [1.82, 2.24) is 14.8 Å². The second-order valence-electron chi connectivity index (χ2n) is 2.31. The summed E-state index contributed by atoms with van der Waals surface area (Å²) < 4.78 is 1.78. The maximum absolute atomic E-state index is 9.90. The van der Waals surface area contributed by atoms with Gasteiger partial charge in [0.2, 0.25) is 6.08 Å². The van der Waals surface area contributed by atoms with Crippen LogP contribution < -0.4 is 0 Å². The Kier molecular flexibility index (Phi) is 1.93. The Bertz CT molecular complexity index is 318. The lowest BCUT2D eigenvalue weighted by Crippen LogP contribution is -2.11. The van der Waals surface area contributed by atoms with E-state index in [1.54, 1.807) is 16.4 Å². The number of aryl methyl sites for hydroxylation is 1. The highest BCUT2D eigenvalue weighted by molar-refractivity contribution is 7.98. The fraction of sp³-hybridized carbons (Fsp3) is 0.500. The van der Waals surface area contributed by atoms with E-state index < -0.39 is 0 Å². The molecule has 0 aliphatic carbocycles. The second kappa shape index (κ2) is 3.08. The van der Waals surface area contributed by atoms with E-state index in [1.807, 2.05) is 0 Å². The molecular weight excluding hydrogens is 176 g/mol. The van der Waals surface area contributed by atoms with Crippen LogP contribution in [0, 0.1) is 0 Å². The zero-order chi connectivity index (χ0) is 8.39. The van der Waals surface area contributed by atoms with Crippen molar-refractivity contribution in [2.24, 2.45) is 4.99 Å². The smallest absolute Gasteiger partial charge is 0.246 e. The molecule has 0 atom stereocenters. The van der Waals surface area contributed by atoms with Gasteiger partial charge in [0.15, 0.2) is 0 Å². The van der Waals surface area contributed by atoms with E-state index in [1.165, 1.54) is 6.08 Å². The van der Waals surface area contributed by atoms with Gasteiger partial charge in [-0.25, -0.2) is 9.48 Å². The van der Waals surface area contributed by atoms with Gasteiger partial charge in [-0.15, -0.1) is 10.1 Å². The highest BCUT2D eigenvalue weighted by atomic mass is 32.2. The Hall–Kier alpha value is -1.13. The average Bonchev–Trinajstić information content (AvgIpc) is 2.47. The standard InChI is InChI=1S/C6H6N4OS/c11-4-7-6-8-5-3-12-2-1-10(5)9-6/h1-3H2. The van der Waals surface area contributed by atoms with E-state index in [2.05, 4.69) is 15.1 Å². The molecule has 0 saturated heterocycles. The molecule has 1 aromatic rings. The maximum Gasteiger partial charge on any atom is 0.279 e. The molecule has 62 valence electrons. The summed E-state index contributed by atoms with van der Waals surface area (Å²) in [6, 6.07) is 0. The van der Waals surface area contributed by atoms with Crippen molar-refractivity contribution in [3.63, 3.8) is 0 Å². The Morgan fingerprint density at radius 3 is 3.33 bits per heavy atom. The van der Waals surface area contributed by atoms with Gasteiger partial charge in [0, 0.05) is 5.75 Å². The molecule has 2 heterocycles. The number of rotatable bonds is 1. The molecule has 0 fully saturated rings. The minimum atomic E-state index is 0.225. The monoisotopic (exact) mass is 182 g/mol. The van der Waals surface area contributed by atoms with Gasteiger partial charge in [-0.05, 0) is 0 Å². The summed E-state index contributed by atoms with van der Waals surface area (Å²) in [6.07, 6.45) is 1.42. The minimum Gasteiger partial charge on any atom is -0.246 e. The molecule has 0 saturated carbocycles. The van der Waals surface area contributed by atoms with E-state index in [0.29, 0.717) is 0 Å². The molecule has 0 bridgehead atoms. The Morgan fingerprint density at radius 2 is 2.58 bits per heavy atom. The molecule has 5 nitrogen and oxygen atoms in total. The second-order valence-corrected chi connectivity index (χ2v) is 3.41. The molecule has 2 rings (SSSR count). The third-order valence-electron chi connectivity index (χ3n) is 1.56. The molecule has 0 spiro atoms. The van der Waals surface area contributed by atoms with Gasteiger partial charge >= 0.3 is 0 Å². The highest BCUT2D eigenvalue weighted by Crippen LogP contribution is 2.18. The molecule has 0 amide bonds. The SMILES string of the molecule is O=C=Nc1nc2n(n1)CCSC2. The number of aromatic nitrogens is 3. The van der Waals surface area contributed by atoms with E-state index >= 15 is 0 Å². The molecule has 6 heteroatoms. The fourth-order valence-electron chi connectivity index (χ4n) is 1.05. The highest BCUT2D eigenvalue weighted by Gasteiger charge is 2.13. The molecule has 1 aliphatic heterocycles. The molecule has 0 aromatic carbocycles. The number of aliphatic imine (C=N–C) groups is 1. The van der Waals surface area contributed by atoms with Crippen molar-refractivity contribution in [2.75, 3.05) is 5.75 Å². The third-order valence-corrected chi connectivity index (χ3v) is 2.49. The van der Waals surface area contributed by atoms with Gasteiger partial charge < -0.3 is 0 Å². The lowest BCUT2D eigenvalue weighted by atomic mass is 10.6. The van der Waals surface area contributed by atoms with Crippen LogP contribution in [0.25, 0.3) is 0 Å². The van der Waals surface area contributed by atoms with Crippen molar-refractivity contribution >= 4 is 23.8 Å². The summed E-state index contributed by atoms with van der Waals surface area (Å²) in [7, 11) is 0. The van der Waals surface area contributed by atoms with Crippen molar-refractivity contribution < 1.29 is 4.79 Å². The van der Waals surface area contributed by atoms with Crippen LogP contribution in [0.1, 0.15) is 5.82 Å². The molecule has 0 radical (unpaired) electrons. The zero-order valence-corrected chi connectivity index (χ0v) is 7.04. The van der Waals surface area contributed by atoms with Gasteiger partial charge in [0.05, 0.1) is 12.3 Å². The number of thioether (sulfide) groups is 1. The minimum absolute atomic E-state index is 0.225. The predicted octanol–water partition coefficient (Wildman–Crippen LogP) is 0.492. The molecule has 12 heavy (non-hydrogen) atoms. The normalized spacial score (nSPS) is 15.0. The maximum atomic E-state index is 9.90. The van der Waals surface area contributed by atoms with Crippen molar-refractivity contribution in [1.29, 1.82) is 0 Å². The summed E-state index contributed by atoms with van der Waals surface area (Å²) in [5, 5.41) is 4.00. The van der Waals surface area contributed by atoms with Crippen molar-refractivity contribution in [3.8, 4) is 0 Å². The number of hydrogen-bond acceptors (Lipinski definition) is 5. The lowest BCUT2D eigenvalue weighted by Gasteiger charge is -2.09. The Balaban J connectivity index is 2.37. The van der Waals surface area contributed by atoms with Crippen molar-refractivity contribution in [2.45, 2.75) is 12.3 Å². The predicted molar refractivity (Wildman–Crippen MR) is 44.0 cm³/mol. The van der Waals surface area contributed by atoms with E-state index in [4.69, 9.17) is 0 Å². The number of nitrogens with zero attached hydrogens (tertiary/aromatic N) is 4. The summed E-state index contributed by atoms with van der Waals surface area (Å²) in [5.41, 5.74) is 0. The number of hydrogen-bond donors (Lipinski definition) is 0. The fourth-order valence-corrected chi connectivity index (χ4v) is 1.89. The largest absolute Gasteiger partial charge is 0.279 e. The molecule has 0 N–H and O–H groups in total. The van der Waals surface area contributed by atoms with Gasteiger partial charge in [-0.1, -0.05) is 0 Å². The summed E-state index contributed by atoms with van der Waals surface area (Å²) in [5.74, 6) is 3.00. The van der Waals surface area contributed by atoms with Gasteiger partial charge in [-0.3, -0.25) is 0 Å². The molecular formula is C6H6N4OS. The molecule has 0 unspecified atom stereocenters. The van der Waals surface area contributed by atoms with Crippen molar-refractivity contribution in [3.05, 3.63) is 5.82 Å². The van der Waals surface area contributed by atoms with Crippen LogP contribution in [0.3, 0.4) is 0 Å². The van der Waals surface area contributed by atoms with Crippen LogP contribution in [0.2, 0.25) is 0 Å². The zero-order valence-electron chi connectivity index (χ0n) is 6.23. The van der Waals surface area contributed by atoms with Gasteiger partial charge in [0.25, 0.3) is 5.95 Å². The number of isocyanates is 1. The molecule has 1 aliphatic rings. The number of fused-ring (bicyclic) bond motifs is 1. The topological polar surface area (TPSA) is 60.1 Å². The molecule has 1 aromatic heterocycles. The van der Waals surface area contributed by atoms with Crippen LogP contribution in [0.5, 0.6) is 0 Å². The first-order valence-corrected chi connectivity index (χ1v) is 4.65. The summed E-state index contributed by atoms with van der Waals surface area (Å²) >= 11 is 1.81. The van der Waals surface area contributed by atoms with Crippen LogP contribution in [0.4, 0.5) is 5.95 Å². The van der Waals surface area contributed by atoms with Gasteiger partial charge in [-0.2, -0.15) is 16.7 Å². The third kappa shape index (κ3) is 1.26. The van der Waals surface area contributed by atoms with Crippen LogP contribution >= 0.6 is 11.8 Å². The quantitative estimate of drug-likeness (QED) is 0.468. The van der Waals surface area contributed by atoms with Gasteiger partial charge in [0.1, 0.15) is 5.82 Å². The van der Waals surface area contributed by atoms with E-state index in [0.717, 1.165) is 23.9 Å². The lowest BCUT2D eigenvalue weighted by molar-refractivity contribution is 0.564. The Morgan fingerprint density at radius 1 is 1.67 bits per heavy atom. The van der Waals surface area contributed by atoms with Crippen LogP contribution in [0.15, 0.2) is 4.99 Å². The average molecular weight is 182 g/mol. The summed E-state index contributed by atoms with van der Waals surface area (Å²) in [4.78, 5) is 17.3. The Labute approximate surface area is 72.9 Å². The van der Waals surface area contributed by atoms with E-state index in [-0.39, 0.29) is 5.95 Å².